The van der Waals surface area contributed by atoms with Gasteiger partial charge in [-0.3, -0.25) is 10.1 Å². The minimum Gasteiger partial charge on any atom is -0.490 e. The fraction of sp³-hybridized carbons (Fsp3) is 0.160. The van der Waals surface area contributed by atoms with Crippen molar-refractivity contribution in [3.8, 4) is 11.5 Å². The predicted octanol–water partition coefficient (Wildman–Crippen LogP) is 5.40. The zero-order chi connectivity index (χ0) is 22.1. The third-order valence-electron chi connectivity index (χ3n) is 5.62. The Morgan fingerprint density at radius 2 is 1.97 bits per heavy atom. The van der Waals surface area contributed by atoms with E-state index in [2.05, 4.69) is 6.58 Å². The van der Waals surface area contributed by atoms with Gasteiger partial charge in [-0.15, -0.1) is 0 Å². The van der Waals surface area contributed by atoms with Crippen molar-refractivity contribution < 1.29 is 14.4 Å². The van der Waals surface area contributed by atoms with Gasteiger partial charge in [0, 0.05) is 29.7 Å². The molecule has 0 unspecified atom stereocenters. The van der Waals surface area contributed by atoms with E-state index in [0.717, 1.165) is 28.3 Å². The van der Waals surface area contributed by atoms with Gasteiger partial charge in [0.25, 0.3) is 5.69 Å². The Bertz CT molecular complexity index is 1210. The fourth-order valence-corrected chi connectivity index (χ4v) is 4.12. The summed E-state index contributed by atoms with van der Waals surface area (Å²) in [5.41, 5.74) is 3.71. The van der Waals surface area contributed by atoms with Crippen molar-refractivity contribution in [2.75, 3.05) is 6.61 Å². The molecule has 7 heteroatoms. The standard InChI is InChI=1S/C25H21N3O4/c1-2-14-31-20-12-10-17(11-13-20)22-16-23-21-8-3-4-9-24(21)32-25(27(23)26-22)18-6-5-7-19(15-18)28(29)30/h2-13,15,23,25H,1,14,16H2/t23-,25-/m1/s1. The number of hydrogen-bond acceptors (Lipinski definition) is 6. The molecule has 0 aliphatic carbocycles. The first-order valence-corrected chi connectivity index (χ1v) is 10.3. The van der Waals surface area contributed by atoms with E-state index in [9.17, 15) is 10.1 Å². The molecule has 0 spiro atoms. The highest BCUT2D eigenvalue weighted by Gasteiger charge is 2.41. The highest BCUT2D eigenvalue weighted by atomic mass is 16.6. The Morgan fingerprint density at radius 3 is 2.75 bits per heavy atom. The highest BCUT2D eigenvalue weighted by molar-refractivity contribution is 6.02. The second-order valence-electron chi connectivity index (χ2n) is 7.63. The molecule has 2 atom stereocenters. The SMILES string of the molecule is C=CCOc1ccc(C2=NN3[C@H](C2)c2ccccc2O[C@@H]3c2cccc([N+](=O)[O-])c2)cc1. The third kappa shape index (κ3) is 3.58. The van der Waals surface area contributed by atoms with Gasteiger partial charge in [-0.05, 0) is 35.9 Å². The van der Waals surface area contributed by atoms with Crippen molar-refractivity contribution in [1.29, 1.82) is 0 Å². The largest absolute Gasteiger partial charge is 0.490 e. The Balaban J connectivity index is 1.51. The normalized spacial score (nSPS) is 18.8. The predicted molar refractivity (Wildman–Crippen MR) is 121 cm³/mol. The molecule has 3 aromatic rings. The quantitative estimate of drug-likeness (QED) is 0.299. The van der Waals surface area contributed by atoms with Gasteiger partial charge >= 0.3 is 0 Å². The molecule has 3 aromatic carbocycles. The summed E-state index contributed by atoms with van der Waals surface area (Å²) in [4.78, 5) is 10.9. The van der Waals surface area contributed by atoms with Crippen LogP contribution in [-0.2, 0) is 0 Å². The second-order valence-corrected chi connectivity index (χ2v) is 7.63. The lowest BCUT2D eigenvalue weighted by Crippen LogP contribution is -2.33. The summed E-state index contributed by atoms with van der Waals surface area (Å²) in [6, 6.07) is 22.2. The van der Waals surface area contributed by atoms with E-state index < -0.39 is 11.2 Å². The molecule has 0 bridgehead atoms. The molecule has 32 heavy (non-hydrogen) atoms. The van der Waals surface area contributed by atoms with Crippen molar-refractivity contribution in [1.82, 2.24) is 5.01 Å². The van der Waals surface area contributed by atoms with Gasteiger partial charge in [-0.25, -0.2) is 5.01 Å². The molecule has 7 nitrogen and oxygen atoms in total. The van der Waals surface area contributed by atoms with E-state index in [1.165, 1.54) is 6.07 Å². The van der Waals surface area contributed by atoms with Gasteiger partial charge in [0.05, 0.1) is 16.7 Å². The monoisotopic (exact) mass is 427 g/mol. The number of non-ortho nitro benzene ring substituents is 1. The molecule has 0 radical (unpaired) electrons. The number of nitro groups is 1. The van der Waals surface area contributed by atoms with Crippen LogP contribution in [0.2, 0.25) is 0 Å². The molecule has 160 valence electrons. The molecule has 2 aliphatic rings. The van der Waals surface area contributed by atoms with E-state index >= 15 is 0 Å². The molecule has 0 amide bonds. The van der Waals surface area contributed by atoms with Crippen LogP contribution in [-0.4, -0.2) is 22.3 Å². The number of nitro benzene ring substituents is 1. The summed E-state index contributed by atoms with van der Waals surface area (Å²) in [6.45, 7) is 4.12. The first-order valence-electron chi connectivity index (χ1n) is 10.3. The van der Waals surface area contributed by atoms with Gasteiger partial charge in [0.15, 0.2) is 0 Å². The summed E-state index contributed by atoms with van der Waals surface area (Å²) in [5, 5.41) is 18.1. The molecule has 0 saturated carbocycles. The minimum atomic E-state index is -0.553. The first kappa shape index (κ1) is 19.8. The average molecular weight is 427 g/mol. The van der Waals surface area contributed by atoms with Gasteiger partial charge in [0.1, 0.15) is 18.1 Å². The molecular formula is C25H21N3O4. The van der Waals surface area contributed by atoms with E-state index in [4.69, 9.17) is 14.6 Å². The van der Waals surface area contributed by atoms with E-state index in [1.807, 2.05) is 59.6 Å². The van der Waals surface area contributed by atoms with Crippen LogP contribution >= 0.6 is 0 Å². The zero-order valence-electron chi connectivity index (χ0n) is 17.3. The van der Waals surface area contributed by atoms with Crippen LogP contribution in [0.4, 0.5) is 5.69 Å². The number of rotatable bonds is 6. The average Bonchev–Trinajstić information content (AvgIpc) is 3.28. The highest BCUT2D eigenvalue weighted by Crippen LogP contribution is 2.47. The van der Waals surface area contributed by atoms with E-state index in [0.29, 0.717) is 18.6 Å². The topological polar surface area (TPSA) is 77.2 Å². The van der Waals surface area contributed by atoms with Crippen molar-refractivity contribution in [2.45, 2.75) is 18.7 Å². The molecule has 5 rings (SSSR count). The Kier molecular flexibility index (Phi) is 5.07. The Hall–Kier alpha value is -4.13. The summed E-state index contributed by atoms with van der Waals surface area (Å²) >= 11 is 0. The lowest BCUT2D eigenvalue weighted by molar-refractivity contribution is -0.385. The maximum absolute atomic E-state index is 11.3. The molecule has 0 aromatic heterocycles. The number of hydrogen-bond donors (Lipinski definition) is 0. The van der Waals surface area contributed by atoms with Crippen LogP contribution in [0.15, 0.2) is 90.6 Å². The Morgan fingerprint density at radius 1 is 1.16 bits per heavy atom. The van der Waals surface area contributed by atoms with Crippen molar-refractivity contribution in [3.05, 3.63) is 112 Å². The number of ether oxygens (including phenoxy) is 2. The van der Waals surface area contributed by atoms with Crippen LogP contribution in [0.3, 0.4) is 0 Å². The van der Waals surface area contributed by atoms with Gasteiger partial charge in [0.2, 0.25) is 6.23 Å². The number of hydrazone groups is 1. The lowest BCUT2D eigenvalue weighted by Gasteiger charge is -2.38. The number of para-hydroxylation sites is 1. The number of fused-ring (bicyclic) bond motifs is 3. The summed E-state index contributed by atoms with van der Waals surface area (Å²) in [7, 11) is 0. The van der Waals surface area contributed by atoms with E-state index in [1.54, 1.807) is 18.2 Å². The first-order chi connectivity index (χ1) is 15.6. The third-order valence-corrected chi connectivity index (χ3v) is 5.62. The van der Waals surface area contributed by atoms with Crippen molar-refractivity contribution in [2.24, 2.45) is 5.10 Å². The van der Waals surface area contributed by atoms with Crippen LogP contribution in [0, 0.1) is 10.1 Å². The van der Waals surface area contributed by atoms with Crippen LogP contribution < -0.4 is 9.47 Å². The molecule has 0 fully saturated rings. The Labute approximate surface area is 185 Å². The van der Waals surface area contributed by atoms with Crippen molar-refractivity contribution in [3.63, 3.8) is 0 Å². The van der Waals surface area contributed by atoms with Gasteiger partial charge in [-0.2, -0.15) is 5.10 Å². The lowest BCUT2D eigenvalue weighted by atomic mass is 9.96. The zero-order valence-corrected chi connectivity index (χ0v) is 17.3. The number of benzene rings is 3. The minimum absolute atomic E-state index is 0.0177. The second kappa shape index (κ2) is 8.19. The maximum atomic E-state index is 11.3. The molecule has 2 aliphatic heterocycles. The smallest absolute Gasteiger partial charge is 0.269 e. The summed E-state index contributed by atoms with van der Waals surface area (Å²) in [6.07, 6.45) is 1.86. The molecule has 0 N–H and O–H groups in total. The number of nitrogens with zero attached hydrogens (tertiary/aromatic N) is 3. The van der Waals surface area contributed by atoms with Crippen LogP contribution in [0.25, 0.3) is 0 Å². The van der Waals surface area contributed by atoms with Gasteiger partial charge in [-0.1, -0.05) is 43.0 Å². The van der Waals surface area contributed by atoms with Crippen LogP contribution in [0.1, 0.15) is 35.4 Å². The van der Waals surface area contributed by atoms with E-state index in [-0.39, 0.29) is 11.7 Å². The fourth-order valence-electron chi connectivity index (χ4n) is 4.12. The molecule has 0 saturated heterocycles. The maximum Gasteiger partial charge on any atom is 0.269 e. The summed E-state index contributed by atoms with van der Waals surface area (Å²) < 4.78 is 11.9. The molecule has 2 heterocycles. The van der Waals surface area contributed by atoms with Crippen molar-refractivity contribution >= 4 is 11.4 Å². The van der Waals surface area contributed by atoms with Gasteiger partial charge < -0.3 is 9.47 Å². The van der Waals surface area contributed by atoms with Crippen LogP contribution in [0.5, 0.6) is 11.5 Å². The summed E-state index contributed by atoms with van der Waals surface area (Å²) in [5.74, 6) is 1.54. The molecular weight excluding hydrogens is 406 g/mol.